The van der Waals surface area contributed by atoms with E-state index in [4.69, 9.17) is 0 Å². The van der Waals surface area contributed by atoms with E-state index in [1.807, 2.05) is 6.92 Å². The number of amides is 1. The molecule has 25 heavy (non-hydrogen) atoms. The zero-order valence-corrected chi connectivity index (χ0v) is 15.7. The number of anilines is 1. The van der Waals surface area contributed by atoms with Crippen LogP contribution in [-0.4, -0.2) is 31.1 Å². The van der Waals surface area contributed by atoms with Crippen LogP contribution in [0.3, 0.4) is 0 Å². The average molecular weight is 345 g/mol. The van der Waals surface area contributed by atoms with Crippen molar-refractivity contribution < 1.29 is 4.79 Å². The predicted octanol–water partition coefficient (Wildman–Crippen LogP) is 2.43. The fraction of sp³-hybridized carbons (Fsp3) is 0.650. The zero-order chi connectivity index (χ0) is 17.8. The Morgan fingerprint density at radius 2 is 1.84 bits per heavy atom. The lowest BCUT2D eigenvalue weighted by molar-refractivity contribution is -0.125. The Morgan fingerprint density at radius 3 is 2.52 bits per heavy atom. The number of rotatable bonds is 6. The van der Waals surface area contributed by atoms with Crippen LogP contribution in [0.4, 0.5) is 5.69 Å². The maximum absolute atomic E-state index is 12.6. The molecule has 0 saturated carbocycles. The first-order chi connectivity index (χ1) is 12.1. The molecule has 0 radical (unpaired) electrons. The summed E-state index contributed by atoms with van der Waals surface area (Å²) in [5.74, 6) is 0.663. The Kier molecular flexibility index (Phi) is 5.97. The van der Waals surface area contributed by atoms with Crippen molar-refractivity contribution in [3.63, 3.8) is 0 Å². The highest BCUT2D eigenvalue weighted by Crippen LogP contribution is 2.25. The third-order valence-electron chi connectivity index (χ3n) is 5.79. The maximum atomic E-state index is 12.6. The molecule has 3 atom stereocenters. The van der Waals surface area contributed by atoms with Crippen molar-refractivity contribution in [3.8, 4) is 0 Å². The lowest BCUT2D eigenvalue weighted by atomic mass is 9.87. The number of carbonyl (C=O) groups excluding carboxylic acids is 1. The first-order valence-electron chi connectivity index (χ1n) is 9.68. The van der Waals surface area contributed by atoms with Crippen molar-refractivity contribution >= 4 is 11.6 Å². The highest BCUT2D eigenvalue weighted by Gasteiger charge is 2.32. The molecular weight excluding hydrogens is 312 g/mol. The standard InChI is InChI=1S/C20H32N4O/c1-14(12-18-15(2)22-23-16(18)3)20(25)21-13-17-8-4-5-9-19(17)24-10-6-7-11-24/h4-5,8-9,14-16,18,22-23H,6-7,10-13H2,1-3H3,(H,21,25). The number of nitrogens with zero attached hydrogens (tertiary/aromatic N) is 1. The van der Waals surface area contributed by atoms with Crippen LogP contribution in [0, 0.1) is 11.8 Å². The molecular formula is C20H32N4O. The smallest absolute Gasteiger partial charge is 0.223 e. The molecule has 0 aromatic heterocycles. The third-order valence-corrected chi connectivity index (χ3v) is 5.79. The van der Waals surface area contributed by atoms with Crippen LogP contribution in [0.25, 0.3) is 0 Å². The fourth-order valence-corrected chi connectivity index (χ4v) is 4.12. The monoisotopic (exact) mass is 344 g/mol. The van der Waals surface area contributed by atoms with Gasteiger partial charge in [0.05, 0.1) is 0 Å². The van der Waals surface area contributed by atoms with E-state index < -0.39 is 0 Å². The van der Waals surface area contributed by atoms with Gasteiger partial charge >= 0.3 is 0 Å². The maximum Gasteiger partial charge on any atom is 0.223 e. The van der Waals surface area contributed by atoms with Gasteiger partial charge < -0.3 is 10.2 Å². The van der Waals surface area contributed by atoms with E-state index in [-0.39, 0.29) is 11.8 Å². The van der Waals surface area contributed by atoms with Gasteiger partial charge in [-0.3, -0.25) is 15.6 Å². The molecule has 0 spiro atoms. The van der Waals surface area contributed by atoms with Gasteiger partial charge in [0.25, 0.3) is 0 Å². The van der Waals surface area contributed by atoms with Crippen LogP contribution in [-0.2, 0) is 11.3 Å². The second-order valence-corrected chi connectivity index (χ2v) is 7.71. The highest BCUT2D eigenvalue weighted by molar-refractivity contribution is 5.78. The number of hydrogen-bond donors (Lipinski definition) is 3. The van der Waals surface area contributed by atoms with Gasteiger partial charge in [-0.2, -0.15) is 0 Å². The Labute approximate surface area is 151 Å². The van der Waals surface area contributed by atoms with Crippen molar-refractivity contribution in [2.45, 2.75) is 58.7 Å². The number of para-hydroxylation sites is 1. The molecule has 138 valence electrons. The van der Waals surface area contributed by atoms with Crippen molar-refractivity contribution in [2.75, 3.05) is 18.0 Å². The summed E-state index contributed by atoms with van der Waals surface area (Å²) in [7, 11) is 0. The third kappa shape index (κ3) is 4.33. The van der Waals surface area contributed by atoms with E-state index >= 15 is 0 Å². The van der Waals surface area contributed by atoms with Gasteiger partial charge in [-0.25, -0.2) is 0 Å². The van der Waals surface area contributed by atoms with Crippen LogP contribution in [0.2, 0.25) is 0 Å². The zero-order valence-electron chi connectivity index (χ0n) is 15.7. The minimum Gasteiger partial charge on any atom is -0.371 e. The summed E-state index contributed by atoms with van der Waals surface area (Å²) >= 11 is 0. The lowest BCUT2D eigenvalue weighted by Gasteiger charge is -2.23. The van der Waals surface area contributed by atoms with E-state index in [1.54, 1.807) is 0 Å². The second-order valence-electron chi connectivity index (χ2n) is 7.71. The molecule has 2 aliphatic rings. The Hall–Kier alpha value is -1.59. The van der Waals surface area contributed by atoms with Crippen LogP contribution >= 0.6 is 0 Å². The normalized spacial score (nSPS) is 27.5. The van der Waals surface area contributed by atoms with E-state index in [0.29, 0.717) is 24.5 Å². The summed E-state index contributed by atoms with van der Waals surface area (Å²) in [6.07, 6.45) is 3.43. The molecule has 2 saturated heterocycles. The number of hydrazine groups is 1. The van der Waals surface area contributed by atoms with Crippen LogP contribution in [0.15, 0.2) is 24.3 Å². The predicted molar refractivity (Wildman–Crippen MR) is 102 cm³/mol. The van der Waals surface area contributed by atoms with Gasteiger partial charge in [0.15, 0.2) is 0 Å². The second kappa shape index (κ2) is 8.19. The van der Waals surface area contributed by atoms with Gasteiger partial charge in [0.1, 0.15) is 0 Å². The molecule has 5 nitrogen and oxygen atoms in total. The first-order valence-corrected chi connectivity index (χ1v) is 9.68. The number of carbonyl (C=O) groups is 1. The lowest BCUT2D eigenvalue weighted by Crippen LogP contribution is -2.34. The minimum atomic E-state index is 0.0237. The molecule has 2 heterocycles. The van der Waals surface area contributed by atoms with Crippen molar-refractivity contribution in [3.05, 3.63) is 29.8 Å². The van der Waals surface area contributed by atoms with Crippen molar-refractivity contribution in [1.29, 1.82) is 0 Å². The van der Waals surface area contributed by atoms with Gasteiger partial charge in [-0.15, -0.1) is 0 Å². The number of hydrogen-bond acceptors (Lipinski definition) is 4. The summed E-state index contributed by atoms with van der Waals surface area (Å²) in [5, 5.41) is 3.16. The summed E-state index contributed by atoms with van der Waals surface area (Å²) in [5.41, 5.74) is 9.04. The van der Waals surface area contributed by atoms with Crippen LogP contribution in [0.5, 0.6) is 0 Å². The largest absolute Gasteiger partial charge is 0.371 e. The van der Waals surface area contributed by atoms with Gasteiger partial charge in [0, 0.05) is 43.3 Å². The summed E-state index contributed by atoms with van der Waals surface area (Å²) < 4.78 is 0. The van der Waals surface area contributed by atoms with E-state index in [9.17, 15) is 4.79 Å². The van der Waals surface area contributed by atoms with Gasteiger partial charge in [-0.1, -0.05) is 25.1 Å². The minimum absolute atomic E-state index is 0.0237. The van der Waals surface area contributed by atoms with Gasteiger partial charge in [0.2, 0.25) is 5.91 Å². The SMILES string of the molecule is CC(CC1C(C)NNC1C)C(=O)NCc1ccccc1N1CCCC1. The van der Waals surface area contributed by atoms with Crippen LogP contribution in [0.1, 0.15) is 45.6 Å². The van der Waals surface area contributed by atoms with E-state index in [0.717, 1.165) is 19.5 Å². The molecule has 3 N–H and O–H groups in total. The quantitative estimate of drug-likeness (QED) is 0.742. The molecule has 3 unspecified atom stereocenters. The Balaban J connectivity index is 1.55. The Morgan fingerprint density at radius 1 is 1.20 bits per heavy atom. The van der Waals surface area contributed by atoms with Crippen LogP contribution < -0.4 is 21.1 Å². The molecule has 1 aromatic carbocycles. The fourth-order valence-electron chi connectivity index (χ4n) is 4.12. The molecule has 1 amide bonds. The van der Waals surface area contributed by atoms with E-state index in [2.05, 4.69) is 59.2 Å². The molecule has 3 rings (SSSR count). The highest BCUT2D eigenvalue weighted by atomic mass is 16.1. The topological polar surface area (TPSA) is 56.4 Å². The molecule has 0 bridgehead atoms. The summed E-state index contributed by atoms with van der Waals surface area (Å²) in [4.78, 5) is 15.0. The molecule has 2 fully saturated rings. The molecule has 2 aliphatic heterocycles. The summed E-state index contributed by atoms with van der Waals surface area (Å²) in [6, 6.07) is 9.26. The number of benzene rings is 1. The molecule has 1 aromatic rings. The average Bonchev–Trinajstić information content (AvgIpc) is 3.25. The Bertz CT molecular complexity index is 575. The van der Waals surface area contributed by atoms with Crippen molar-refractivity contribution in [2.24, 2.45) is 11.8 Å². The number of nitrogens with one attached hydrogen (secondary N) is 3. The first kappa shape index (κ1) is 18.2. The molecule has 0 aliphatic carbocycles. The summed E-state index contributed by atoms with van der Waals surface area (Å²) in [6.45, 7) is 9.26. The van der Waals surface area contributed by atoms with Crippen molar-refractivity contribution in [1.82, 2.24) is 16.2 Å². The molecule has 5 heteroatoms. The van der Waals surface area contributed by atoms with E-state index in [1.165, 1.54) is 24.1 Å². The van der Waals surface area contributed by atoms with Gasteiger partial charge in [-0.05, 0) is 50.7 Å².